The summed E-state index contributed by atoms with van der Waals surface area (Å²) in [6, 6.07) is 6.99. The van der Waals surface area contributed by atoms with Gasteiger partial charge < -0.3 is 10.6 Å². The number of amides is 2. The molecule has 0 spiro atoms. The molecule has 2 rings (SSSR count). The Balaban J connectivity index is 1.83. The van der Waals surface area contributed by atoms with Crippen molar-refractivity contribution in [2.24, 2.45) is 0 Å². The number of nitrogens with one attached hydrogen (secondary N) is 2. The third-order valence-corrected chi connectivity index (χ3v) is 3.17. The molecule has 0 bridgehead atoms. The quantitative estimate of drug-likeness (QED) is 0.554. The SMILES string of the molecule is CNCCNCCCN1C(=O)c2ccccc2C1=O. The summed E-state index contributed by atoms with van der Waals surface area (Å²) in [7, 11) is 1.90. The zero-order chi connectivity index (χ0) is 13.7. The lowest BCUT2D eigenvalue weighted by Crippen LogP contribution is -2.33. The molecule has 0 unspecified atom stereocenters. The summed E-state index contributed by atoms with van der Waals surface area (Å²) in [5, 5.41) is 6.29. The summed E-state index contributed by atoms with van der Waals surface area (Å²) < 4.78 is 0. The van der Waals surface area contributed by atoms with Gasteiger partial charge in [-0.2, -0.15) is 0 Å². The van der Waals surface area contributed by atoms with Crippen molar-refractivity contribution in [2.45, 2.75) is 6.42 Å². The van der Waals surface area contributed by atoms with E-state index < -0.39 is 0 Å². The minimum absolute atomic E-state index is 0.171. The second kappa shape index (κ2) is 6.45. The number of fused-ring (bicyclic) bond motifs is 1. The first-order chi connectivity index (χ1) is 9.25. The maximum atomic E-state index is 12.0. The van der Waals surface area contributed by atoms with Crippen LogP contribution >= 0.6 is 0 Å². The van der Waals surface area contributed by atoms with E-state index in [4.69, 9.17) is 0 Å². The molecule has 1 aromatic rings. The van der Waals surface area contributed by atoms with Gasteiger partial charge in [-0.15, -0.1) is 0 Å². The van der Waals surface area contributed by atoms with E-state index in [9.17, 15) is 9.59 Å². The molecule has 1 heterocycles. The Morgan fingerprint density at radius 2 is 1.63 bits per heavy atom. The first-order valence-corrected chi connectivity index (χ1v) is 6.56. The topological polar surface area (TPSA) is 61.4 Å². The number of nitrogens with zero attached hydrogens (tertiary/aromatic N) is 1. The van der Waals surface area contributed by atoms with Crippen LogP contribution in [0.15, 0.2) is 24.3 Å². The molecule has 1 aliphatic heterocycles. The Morgan fingerprint density at radius 1 is 1.00 bits per heavy atom. The van der Waals surface area contributed by atoms with Gasteiger partial charge in [-0.25, -0.2) is 0 Å². The Hall–Kier alpha value is -1.72. The summed E-state index contributed by atoms with van der Waals surface area (Å²) in [4.78, 5) is 25.4. The average molecular weight is 261 g/mol. The minimum atomic E-state index is -0.171. The number of carbonyl (C=O) groups excluding carboxylic acids is 2. The molecule has 0 aromatic heterocycles. The van der Waals surface area contributed by atoms with Crippen molar-refractivity contribution in [3.8, 4) is 0 Å². The molecule has 0 aliphatic carbocycles. The molecule has 5 nitrogen and oxygen atoms in total. The summed E-state index contributed by atoms with van der Waals surface area (Å²) in [5.41, 5.74) is 1.05. The van der Waals surface area contributed by atoms with E-state index in [1.807, 2.05) is 7.05 Å². The summed E-state index contributed by atoms with van der Waals surface area (Å²) in [6.45, 7) is 3.07. The highest BCUT2D eigenvalue weighted by Crippen LogP contribution is 2.22. The fraction of sp³-hybridized carbons (Fsp3) is 0.429. The lowest BCUT2D eigenvalue weighted by Gasteiger charge is -2.13. The van der Waals surface area contributed by atoms with Crippen molar-refractivity contribution in [2.75, 3.05) is 33.2 Å². The molecular weight excluding hydrogens is 242 g/mol. The molecule has 2 N–H and O–H groups in total. The van der Waals surface area contributed by atoms with Gasteiger partial charge >= 0.3 is 0 Å². The van der Waals surface area contributed by atoms with Gasteiger partial charge in [0.1, 0.15) is 0 Å². The maximum absolute atomic E-state index is 12.0. The predicted octanol–water partition coefficient (Wildman–Crippen LogP) is 0.482. The normalized spacial score (nSPS) is 14.1. The van der Waals surface area contributed by atoms with Gasteiger partial charge in [-0.05, 0) is 32.1 Å². The third-order valence-electron chi connectivity index (χ3n) is 3.17. The highest BCUT2D eigenvalue weighted by atomic mass is 16.2. The van der Waals surface area contributed by atoms with Gasteiger partial charge in [0.15, 0.2) is 0 Å². The summed E-state index contributed by atoms with van der Waals surface area (Å²) in [5.74, 6) is -0.341. The van der Waals surface area contributed by atoms with Gasteiger partial charge in [0.05, 0.1) is 11.1 Å². The zero-order valence-electron chi connectivity index (χ0n) is 11.1. The second-order valence-corrected chi connectivity index (χ2v) is 4.51. The van der Waals surface area contributed by atoms with Crippen molar-refractivity contribution in [1.82, 2.24) is 15.5 Å². The van der Waals surface area contributed by atoms with Crippen LogP contribution in [0.1, 0.15) is 27.1 Å². The Bertz CT molecular complexity index is 439. The number of hydrogen-bond acceptors (Lipinski definition) is 4. The number of imide groups is 1. The molecular formula is C14H19N3O2. The van der Waals surface area contributed by atoms with E-state index in [2.05, 4.69) is 10.6 Å². The van der Waals surface area contributed by atoms with Gasteiger partial charge in [-0.1, -0.05) is 12.1 Å². The highest BCUT2D eigenvalue weighted by molar-refractivity contribution is 6.21. The standard InChI is InChI=1S/C14H19N3O2/c1-15-8-9-16-7-4-10-17-13(18)11-5-2-3-6-12(11)14(17)19/h2-3,5-6,15-16H,4,7-10H2,1H3. The average Bonchev–Trinajstić information content (AvgIpc) is 2.68. The van der Waals surface area contributed by atoms with Gasteiger partial charge in [0, 0.05) is 19.6 Å². The lowest BCUT2D eigenvalue weighted by molar-refractivity contribution is 0.0652. The molecule has 2 amide bonds. The van der Waals surface area contributed by atoms with Crippen LogP contribution in [0.5, 0.6) is 0 Å². The molecule has 1 aromatic carbocycles. The molecule has 0 saturated carbocycles. The molecule has 1 aliphatic rings. The van der Waals surface area contributed by atoms with Crippen LogP contribution in [0.4, 0.5) is 0 Å². The van der Waals surface area contributed by atoms with Crippen LogP contribution in [0.25, 0.3) is 0 Å². The van der Waals surface area contributed by atoms with E-state index in [-0.39, 0.29) is 11.8 Å². The van der Waals surface area contributed by atoms with Crippen molar-refractivity contribution in [1.29, 1.82) is 0 Å². The first-order valence-electron chi connectivity index (χ1n) is 6.56. The lowest BCUT2D eigenvalue weighted by atomic mass is 10.1. The fourth-order valence-electron chi connectivity index (χ4n) is 2.14. The third kappa shape index (κ3) is 3.00. The van der Waals surface area contributed by atoms with Crippen molar-refractivity contribution < 1.29 is 9.59 Å². The summed E-state index contributed by atoms with van der Waals surface area (Å²) in [6.07, 6.45) is 0.773. The van der Waals surface area contributed by atoms with E-state index >= 15 is 0 Å². The Kier molecular flexibility index (Phi) is 4.65. The zero-order valence-corrected chi connectivity index (χ0v) is 11.1. The molecule has 0 saturated heterocycles. The van der Waals surface area contributed by atoms with Crippen molar-refractivity contribution in [3.63, 3.8) is 0 Å². The van der Waals surface area contributed by atoms with Crippen LogP contribution in [0, 0.1) is 0 Å². The van der Waals surface area contributed by atoms with Crippen LogP contribution in [0.2, 0.25) is 0 Å². The van der Waals surface area contributed by atoms with Crippen LogP contribution < -0.4 is 10.6 Å². The Morgan fingerprint density at radius 3 is 2.21 bits per heavy atom. The van der Waals surface area contributed by atoms with Crippen LogP contribution in [-0.2, 0) is 0 Å². The van der Waals surface area contributed by atoms with Gasteiger partial charge in [-0.3, -0.25) is 14.5 Å². The largest absolute Gasteiger partial charge is 0.318 e. The second-order valence-electron chi connectivity index (χ2n) is 4.51. The van der Waals surface area contributed by atoms with Crippen molar-refractivity contribution in [3.05, 3.63) is 35.4 Å². The van der Waals surface area contributed by atoms with Crippen LogP contribution in [0.3, 0.4) is 0 Å². The molecule has 102 valence electrons. The maximum Gasteiger partial charge on any atom is 0.261 e. The van der Waals surface area contributed by atoms with E-state index in [1.165, 1.54) is 4.90 Å². The van der Waals surface area contributed by atoms with Gasteiger partial charge in [0.2, 0.25) is 0 Å². The van der Waals surface area contributed by atoms with Gasteiger partial charge in [0.25, 0.3) is 11.8 Å². The van der Waals surface area contributed by atoms with Crippen molar-refractivity contribution >= 4 is 11.8 Å². The number of benzene rings is 1. The number of hydrogen-bond donors (Lipinski definition) is 2. The highest BCUT2D eigenvalue weighted by Gasteiger charge is 2.34. The number of likely N-dealkylation sites (N-methyl/N-ethyl adjacent to an activating group) is 1. The minimum Gasteiger partial charge on any atom is -0.318 e. The molecule has 0 fully saturated rings. The molecule has 5 heteroatoms. The number of rotatable bonds is 7. The predicted molar refractivity (Wildman–Crippen MR) is 73.2 cm³/mol. The molecule has 0 atom stereocenters. The number of carbonyl (C=O) groups is 2. The first kappa shape index (κ1) is 13.7. The van der Waals surface area contributed by atoms with Crippen LogP contribution in [-0.4, -0.2) is 49.9 Å². The Labute approximate surface area is 113 Å². The van der Waals surface area contributed by atoms with E-state index in [0.717, 1.165) is 26.1 Å². The van der Waals surface area contributed by atoms with E-state index in [0.29, 0.717) is 17.7 Å². The molecule has 0 radical (unpaired) electrons. The monoisotopic (exact) mass is 261 g/mol. The summed E-state index contributed by atoms with van der Waals surface area (Å²) >= 11 is 0. The smallest absolute Gasteiger partial charge is 0.261 e. The van der Waals surface area contributed by atoms with E-state index in [1.54, 1.807) is 24.3 Å². The fourth-order valence-corrected chi connectivity index (χ4v) is 2.14. The molecule has 19 heavy (non-hydrogen) atoms.